The van der Waals surface area contributed by atoms with Gasteiger partial charge in [0.05, 0.1) is 11.4 Å². The quantitative estimate of drug-likeness (QED) is 0.711. The second kappa shape index (κ2) is 6.52. The first kappa shape index (κ1) is 16.3. The zero-order valence-corrected chi connectivity index (χ0v) is 14.4. The Morgan fingerprint density at radius 3 is 2.29 bits per heavy atom. The third-order valence-corrected chi connectivity index (χ3v) is 5.02. The zero-order valence-electron chi connectivity index (χ0n) is 13.5. The van der Waals surface area contributed by atoms with E-state index in [1.54, 1.807) is 0 Å². The molecular formula is C17H18N4O2S. The summed E-state index contributed by atoms with van der Waals surface area (Å²) in [6.07, 6.45) is 0. The molecule has 1 heterocycles. The maximum Gasteiger partial charge on any atom is 0.171 e. The molecule has 0 saturated carbocycles. The first-order valence-electron chi connectivity index (χ1n) is 7.53. The number of aromatic nitrogens is 4. The molecule has 0 atom stereocenters. The summed E-state index contributed by atoms with van der Waals surface area (Å²) in [6.45, 7) is 3.91. The van der Waals surface area contributed by atoms with Crippen LogP contribution >= 0.6 is 0 Å². The molecule has 0 N–H and O–H groups in total. The highest BCUT2D eigenvalue weighted by Crippen LogP contribution is 2.16. The standard InChI is InChI=1S/C17H18N4O2S/c1-13-8-14(2)10-15(9-13)11-24(22,23)12-17-18-19-20-21(17)16-6-4-3-5-7-16/h3-10H,11-12H2,1-2H3. The highest BCUT2D eigenvalue weighted by molar-refractivity contribution is 7.89. The van der Waals surface area contributed by atoms with Crippen LogP contribution in [0.4, 0.5) is 0 Å². The van der Waals surface area contributed by atoms with Gasteiger partial charge in [-0.3, -0.25) is 0 Å². The topological polar surface area (TPSA) is 77.7 Å². The van der Waals surface area contributed by atoms with Crippen molar-refractivity contribution < 1.29 is 8.42 Å². The predicted molar refractivity (Wildman–Crippen MR) is 91.4 cm³/mol. The van der Waals surface area contributed by atoms with Gasteiger partial charge in [-0.25, -0.2) is 8.42 Å². The summed E-state index contributed by atoms with van der Waals surface area (Å²) in [5, 5.41) is 11.4. The first-order valence-corrected chi connectivity index (χ1v) is 9.35. The zero-order chi connectivity index (χ0) is 17.2. The summed E-state index contributed by atoms with van der Waals surface area (Å²) in [6, 6.07) is 15.0. The van der Waals surface area contributed by atoms with Crippen molar-refractivity contribution in [3.05, 3.63) is 71.0 Å². The van der Waals surface area contributed by atoms with Gasteiger partial charge in [0.1, 0.15) is 5.75 Å². The number of hydrogen-bond donors (Lipinski definition) is 0. The molecule has 0 aliphatic rings. The summed E-state index contributed by atoms with van der Waals surface area (Å²) in [4.78, 5) is 0. The normalized spacial score (nSPS) is 11.6. The third kappa shape index (κ3) is 3.86. The van der Waals surface area contributed by atoms with E-state index in [1.807, 2.05) is 62.4 Å². The van der Waals surface area contributed by atoms with E-state index in [9.17, 15) is 8.42 Å². The Labute approximate surface area is 141 Å². The lowest BCUT2D eigenvalue weighted by molar-refractivity contribution is 0.592. The molecule has 0 spiro atoms. The number of tetrazole rings is 1. The molecule has 6 nitrogen and oxygen atoms in total. The van der Waals surface area contributed by atoms with Crippen molar-refractivity contribution in [2.75, 3.05) is 0 Å². The van der Waals surface area contributed by atoms with E-state index in [4.69, 9.17) is 0 Å². The van der Waals surface area contributed by atoms with Gasteiger partial charge in [0.2, 0.25) is 0 Å². The molecule has 0 aliphatic carbocycles. The van der Waals surface area contributed by atoms with Crippen LogP contribution in [0.15, 0.2) is 48.5 Å². The lowest BCUT2D eigenvalue weighted by atomic mass is 10.1. The molecule has 0 aliphatic heterocycles. The molecule has 24 heavy (non-hydrogen) atoms. The average Bonchev–Trinajstić information content (AvgIpc) is 2.93. The van der Waals surface area contributed by atoms with Gasteiger partial charge in [0, 0.05) is 0 Å². The van der Waals surface area contributed by atoms with Gasteiger partial charge < -0.3 is 0 Å². The van der Waals surface area contributed by atoms with Crippen molar-refractivity contribution in [2.45, 2.75) is 25.4 Å². The van der Waals surface area contributed by atoms with Crippen molar-refractivity contribution in [1.29, 1.82) is 0 Å². The van der Waals surface area contributed by atoms with Gasteiger partial charge >= 0.3 is 0 Å². The van der Waals surface area contributed by atoms with Crippen LogP contribution < -0.4 is 0 Å². The van der Waals surface area contributed by atoms with E-state index in [0.29, 0.717) is 5.82 Å². The number of aryl methyl sites for hydroxylation is 2. The van der Waals surface area contributed by atoms with Gasteiger partial charge in [-0.2, -0.15) is 4.68 Å². The van der Waals surface area contributed by atoms with Crippen LogP contribution in [0.25, 0.3) is 5.69 Å². The minimum Gasteiger partial charge on any atom is -0.228 e. The molecular weight excluding hydrogens is 324 g/mol. The molecule has 3 rings (SSSR count). The molecule has 0 radical (unpaired) electrons. The number of rotatable bonds is 5. The van der Waals surface area contributed by atoms with E-state index in [0.717, 1.165) is 22.4 Å². The summed E-state index contributed by atoms with van der Waals surface area (Å²) in [5.74, 6) is 0.0737. The molecule has 0 fully saturated rings. The molecule has 7 heteroatoms. The number of nitrogens with zero attached hydrogens (tertiary/aromatic N) is 4. The van der Waals surface area contributed by atoms with Crippen LogP contribution in [0.3, 0.4) is 0 Å². The van der Waals surface area contributed by atoms with Crippen LogP contribution in [-0.4, -0.2) is 28.6 Å². The average molecular weight is 342 g/mol. The van der Waals surface area contributed by atoms with E-state index in [2.05, 4.69) is 15.5 Å². The monoisotopic (exact) mass is 342 g/mol. The summed E-state index contributed by atoms with van der Waals surface area (Å²) in [5.41, 5.74) is 3.62. The highest BCUT2D eigenvalue weighted by atomic mass is 32.2. The van der Waals surface area contributed by atoms with Crippen LogP contribution in [0.1, 0.15) is 22.5 Å². The molecule has 0 saturated heterocycles. The second-order valence-electron chi connectivity index (χ2n) is 5.87. The number of para-hydroxylation sites is 1. The fourth-order valence-electron chi connectivity index (χ4n) is 2.72. The largest absolute Gasteiger partial charge is 0.228 e. The van der Waals surface area contributed by atoms with Gasteiger partial charge in [-0.15, -0.1) is 5.10 Å². The minimum absolute atomic E-state index is 0.0306. The lowest BCUT2D eigenvalue weighted by Gasteiger charge is -2.07. The Bertz CT molecular complexity index is 929. The number of sulfone groups is 1. The van der Waals surface area contributed by atoms with Crippen molar-refractivity contribution in [2.24, 2.45) is 0 Å². The molecule has 2 aromatic carbocycles. The van der Waals surface area contributed by atoms with Crippen LogP contribution in [-0.2, 0) is 21.3 Å². The van der Waals surface area contributed by atoms with Crippen LogP contribution in [0.2, 0.25) is 0 Å². The van der Waals surface area contributed by atoms with Gasteiger partial charge in [-0.05, 0) is 42.0 Å². The Balaban J connectivity index is 1.84. The molecule has 124 valence electrons. The summed E-state index contributed by atoms with van der Waals surface area (Å²) >= 11 is 0. The summed E-state index contributed by atoms with van der Waals surface area (Å²) < 4.78 is 26.6. The Morgan fingerprint density at radius 1 is 0.958 bits per heavy atom. The van der Waals surface area contributed by atoms with Crippen molar-refractivity contribution in [3.63, 3.8) is 0 Å². The SMILES string of the molecule is Cc1cc(C)cc(CS(=O)(=O)Cc2nnnn2-c2ccccc2)c1. The van der Waals surface area contributed by atoms with Crippen molar-refractivity contribution in [1.82, 2.24) is 20.2 Å². The van der Waals surface area contributed by atoms with Gasteiger partial charge in [0.25, 0.3) is 0 Å². The fourth-order valence-corrected chi connectivity index (χ4v) is 4.07. The van der Waals surface area contributed by atoms with Crippen LogP contribution in [0, 0.1) is 13.8 Å². The van der Waals surface area contributed by atoms with Gasteiger partial charge in [0.15, 0.2) is 15.7 Å². The molecule has 3 aromatic rings. The van der Waals surface area contributed by atoms with Gasteiger partial charge in [-0.1, -0.05) is 47.5 Å². The second-order valence-corrected chi connectivity index (χ2v) is 7.94. The van der Waals surface area contributed by atoms with Crippen molar-refractivity contribution >= 4 is 9.84 Å². The van der Waals surface area contributed by atoms with Crippen molar-refractivity contribution in [3.8, 4) is 5.69 Å². The van der Waals surface area contributed by atoms with E-state index >= 15 is 0 Å². The minimum atomic E-state index is -3.38. The van der Waals surface area contributed by atoms with E-state index < -0.39 is 9.84 Å². The maximum atomic E-state index is 12.6. The first-order chi connectivity index (χ1) is 11.4. The van der Waals surface area contributed by atoms with Crippen LogP contribution in [0.5, 0.6) is 0 Å². The highest BCUT2D eigenvalue weighted by Gasteiger charge is 2.19. The third-order valence-electron chi connectivity index (χ3n) is 3.55. The predicted octanol–water partition coefficient (Wildman–Crippen LogP) is 2.39. The Kier molecular flexibility index (Phi) is 4.44. The molecule has 0 amide bonds. The maximum absolute atomic E-state index is 12.6. The summed E-state index contributed by atoms with van der Waals surface area (Å²) in [7, 11) is -3.38. The van der Waals surface area contributed by atoms with E-state index in [-0.39, 0.29) is 11.5 Å². The fraction of sp³-hybridized carbons (Fsp3) is 0.235. The molecule has 0 unspecified atom stereocenters. The molecule has 1 aromatic heterocycles. The van der Waals surface area contributed by atoms with E-state index in [1.165, 1.54) is 4.68 Å². The molecule has 0 bridgehead atoms. The Hall–Kier alpha value is -2.54. The smallest absolute Gasteiger partial charge is 0.171 e. The number of hydrogen-bond acceptors (Lipinski definition) is 5. The lowest BCUT2D eigenvalue weighted by Crippen LogP contribution is -2.13. The Morgan fingerprint density at radius 2 is 1.62 bits per heavy atom. The number of benzene rings is 2.